The van der Waals surface area contributed by atoms with Crippen LogP contribution in [0, 0.1) is 17.8 Å². The molecule has 6 atom stereocenters. The molecule has 3 aliphatic rings. The molecule has 1 saturated heterocycles. The third kappa shape index (κ3) is 6.37. The Balaban J connectivity index is 1.51. The average Bonchev–Trinajstić information content (AvgIpc) is 3.01. The first-order chi connectivity index (χ1) is 22.7. The maximum absolute atomic E-state index is 13.9. The number of aliphatic hydroxyl groups excluding tert-OH is 1. The number of phenols is 2. The van der Waals surface area contributed by atoms with Gasteiger partial charge in [0.2, 0.25) is 5.78 Å². The number of hydrogen-bond donors (Lipinski definition) is 6. The van der Waals surface area contributed by atoms with Crippen molar-refractivity contribution in [1.82, 2.24) is 5.32 Å². The summed E-state index contributed by atoms with van der Waals surface area (Å²) in [5.74, 6) is -0.846. The first-order valence-electron chi connectivity index (χ1n) is 15.2. The monoisotopic (exact) mass is 664 g/mol. The summed E-state index contributed by atoms with van der Waals surface area (Å²) in [4.78, 5) is 52.2. The van der Waals surface area contributed by atoms with Gasteiger partial charge in [0.25, 0.3) is 0 Å². The lowest BCUT2D eigenvalue weighted by Crippen LogP contribution is -2.55. The van der Waals surface area contributed by atoms with Crippen LogP contribution < -0.4 is 10.1 Å². The van der Waals surface area contributed by atoms with Gasteiger partial charge < -0.3 is 50.1 Å². The van der Waals surface area contributed by atoms with E-state index in [1.807, 2.05) is 0 Å². The van der Waals surface area contributed by atoms with Crippen LogP contribution in [0.4, 0.5) is 4.79 Å². The van der Waals surface area contributed by atoms with E-state index in [0.717, 1.165) is 0 Å². The lowest BCUT2D eigenvalue weighted by molar-refractivity contribution is -0.249. The minimum absolute atomic E-state index is 0.00359. The number of benzene rings is 2. The molecular formula is C34H36N2O12. The molecule has 2 aromatic rings. The van der Waals surface area contributed by atoms with Gasteiger partial charge in [-0.2, -0.15) is 0 Å². The number of nitrogens with one attached hydrogen (secondary N) is 2. The summed E-state index contributed by atoms with van der Waals surface area (Å²) in [5, 5.41) is 55.8. The van der Waals surface area contributed by atoms with Gasteiger partial charge in [-0.3, -0.25) is 14.4 Å². The van der Waals surface area contributed by atoms with Crippen LogP contribution in [0.1, 0.15) is 88.6 Å². The zero-order valence-electron chi connectivity index (χ0n) is 26.5. The standard InChI is InChI=1S/C34H36N2O12/c1-5-7-17(35)14-46-33(43)36-20-10-23(47-16(3)28(20)38)48-22-13-34(44,11-15(2)37)12-19-25(22)32(42)27-26(30(19)40)29(39)18-8-6-9-21(45-4)24(18)31(27)41/h1,6,8-9,16,20,22-23,28,35,38,40,42,44H,7,10-14H2,2-4H3,(H,36,43)/t16?,20?,22-,23?,28?,34-/m0/s1. The Labute approximate surface area is 275 Å². The number of terminal acetylenes is 1. The number of ketones is 3. The molecule has 1 amide bonds. The molecule has 1 aliphatic heterocycles. The largest absolute Gasteiger partial charge is 0.507 e. The van der Waals surface area contributed by atoms with Crippen LogP contribution in [-0.2, 0) is 25.4 Å². The van der Waals surface area contributed by atoms with E-state index in [1.165, 1.54) is 39.2 Å². The number of rotatable bonds is 9. The quantitative estimate of drug-likeness (QED) is 0.110. The number of fused-ring (bicyclic) bond motifs is 3. The van der Waals surface area contributed by atoms with Crippen LogP contribution in [0.2, 0.25) is 0 Å². The van der Waals surface area contributed by atoms with Crippen molar-refractivity contribution in [3.63, 3.8) is 0 Å². The molecule has 5 rings (SSSR count). The lowest BCUT2D eigenvalue weighted by atomic mass is 9.71. The van der Waals surface area contributed by atoms with Gasteiger partial charge in [-0.15, -0.1) is 12.3 Å². The normalized spacial score (nSPS) is 26.0. The third-order valence-corrected chi connectivity index (χ3v) is 8.75. The van der Waals surface area contributed by atoms with E-state index in [-0.39, 0.29) is 78.2 Å². The van der Waals surface area contributed by atoms with Crippen LogP contribution in [0.3, 0.4) is 0 Å². The summed E-state index contributed by atoms with van der Waals surface area (Å²) in [6.07, 6.45) is -1.54. The van der Waals surface area contributed by atoms with Gasteiger partial charge in [0.05, 0.1) is 53.4 Å². The molecule has 0 bridgehead atoms. The van der Waals surface area contributed by atoms with Gasteiger partial charge in [-0.05, 0) is 19.9 Å². The molecule has 1 heterocycles. The number of carbonyl (C=O) groups is 4. The van der Waals surface area contributed by atoms with Gasteiger partial charge in [0.15, 0.2) is 12.1 Å². The molecule has 2 aromatic carbocycles. The molecule has 0 spiro atoms. The molecule has 0 saturated carbocycles. The van der Waals surface area contributed by atoms with Crippen molar-refractivity contribution in [3.8, 4) is 29.6 Å². The fraction of sp³-hybridized carbons (Fsp3) is 0.441. The maximum atomic E-state index is 13.9. The summed E-state index contributed by atoms with van der Waals surface area (Å²) in [5.41, 5.74) is -3.03. The number of phenolic OH excluding ortho intramolecular Hbond substituents is 2. The highest BCUT2D eigenvalue weighted by Gasteiger charge is 2.48. The summed E-state index contributed by atoms with van der Waals surface area (Å²) in [6, 6.07) is 3.41. The van der Waals surface area contributed by atoms with Crippen molar-refractivity contribution < 1.29 is 58.6 Å². The number of hydrogen-bond acceptors (Lipinski definition) is 13. The van der Waals surface area contributed by atoms with E-state index >= 15 is 0 Å². The molecule has 0 aromatic heterocycles. The zero-order chi connectivity index (χ0) is 35.1. The van der Waals surface area contributed by atoms with Crippen LogP contribution in [0.15, 0.2) is 18.2 Å². The van der Waals surface area contributed by atoms with E-state index in [1.54, 1.807) is 0 Å². The SMILES string of the molecule is C#CCC(=N)COC(=O)NC1CC(O[C@H]2C[C@](O)(CC(C)=O)Cc3c(O)c4c(c(O)c32)C(=O)c2c(OC)cccc2C4=O)OC(C)C1O. The molecule has 254 valence electrons. The molecule has 2 aliphatic carbocycles. The van der Waals surface area contributed by atoms with Crippen molar-refractivity contribution >= 4 is 29.2 Å². The molecule has 14 nitrogen and oxygen atoms in total. The fourth-order valence-corrected chi connectivity index (χ4v) is 6.69. The number of aromatic hydroxyl groups is 2. The summed E-state index contributed by atoms with van der Waals surface area (Å²) < 4.78 is 22.4. The molecular weight excluding hydrogens is 628 g/mol. The van der Waals surface area contributed by atoms with Gasteiger partial charge >= 0.3 is 6.09 Å². The fourth-order valence-electron chi connectivity index (χ4n) is 6.69. The Kier molecular flexibility index (Phi) is 9.61. The van der Waals surface area contributed by atoms with Crippen molar-refractivity contribution in [2.24, 2.45) is 0 Å². The molecule has 4 unspecified atom stereocenters. The van der Waals surface area contributed by atoms with Gasteiger partial charge in [0.1, 0.15) is 35.7 Å². The summed E-state index contributed by atoms with van der Waals surface area (Å²) >= 11 is 0. The van der Waals surface area contributed by atoms with Crippen LogP contribution in [0.5, 0.6) is 17.2 Å². The van der Waals surface area contributed by atoms with E-state index in [2.05, 4.69) is 11.2 Å². The van der Waals surface area contributed by atoms with E-state index < -0.39 is 76.5 Å². The van der Waals surface area contributed by atoms with Crippen LogP contribution in [0.25, 0.3) is 0 Å². The minimum Gasteiger partial charge on any atom is -0.507 e. The highest BCUT2D eigenvalue weighted by atomic mass is 16.7. The first-order valence-corrected chi connectivity index (χ1v) is 15.2. The number of aliphatic hydroxyl groups is 2. The molecule has 48 heavy (non-hydrogen) atoms. The molecule has 1 fully saturated rings. The van der Waals surface area contributed by atoms with Gasteiger partial charge in [-0.1, -0.05) is 12.1 Å². The smallest absolute Gasteiger partial charge is 0.407 e. The van der Waals surface area contributed by atoms with Crippen LogP contribution >= 0.6 is 0 Å². The maximum Gasteiger partial charge on any atom is 0.407 e. The summed E-state index contributed by atoms with van der Waals surface area (Å²) in [6.45, 7) is 2.44. The van der Waals surface area contributed by atoms with Crippen molar-refractivity contribution in [1.29, 1.82) is 5.41 Å². The number of Topliss-reactive ketones (excluding diaryl/α,β-unsaturated/α-hetero) is 1. The van der Waals surface area contributed by atoms with E-state index in [4.69, 9.17) is 30.8 Å². The number of ether oxygens (including phenoxy) is 4. The predicted octanol–water partition coefficient (Wildman–Crippen LogP) is 2.23. The van der Waals surface area contributed by atoms with Crippen molar-refractivity contribution in [2.75, 3.05) is 13.7 Å². The van der Waals surface area contributed by atoms with Crippen molar-refractivity contribution in [2.45, 2.75) is 82.2 Å². The minimum atomic E-state index is -1.80. The third-order valence-electron chi connectivity index (χ3n) is 8.75. The zero-order valence-corrected chi connectivity index (χ0v) is 26.5. The Morgan fingerprint density at radius 1 is 1.17 bits per heavy atom. The Morgan fingerprint density at radius 3 is 2.54 bits per heavy atom. The lowest BCUT2D eigenvalue weighted by Gasteiger charge is -2.43. The molecule has 14 heteroatoms. The number of carbonyl (C=O) groups excluding carboxylic acids is 4. The Hall–Kier alpha value is -4.81. The number of methoxy groups -OCH3 is 1. The number of alkyl carbamates (subject to hydrolysis) is 1. The Bertz CT molecular complexity index is 1750. The second kappa shape index (κ2) is 13.4. The number of amides is 1. The topological polar surface area (TPSA) is 222 Å². The molecule has 0 radical (unpaired) electrons. The predicted molar refractivity (Wildman–Crippen MR) is 166 cm³/mol. The van der Waals surface area contributed by atoms with E-state index in [0.29, 0.717) is 0 Å². The first kappa shape index (κ1) is 34.5. The van der Waals surface area contributed by atoms with Gasteiger partial charge in [0, 0.05) is 48.8 Å². The average molecular weight is 665 g/mol. The second-order valence-corrected chi connectivity index (χ2v) is 12.3. The van der Waals surface area contributed by atoms with E-state index in [9.17, 15) is 39.6 Å². The molecule has 6 N–H and O–H groups in total. The van der Waals surface area contributed by atoms with Gasteiger partial charge in [-0.25, -0.2) is 4.79 Å². The highest BCUT2D eigenvalue weighted by Crippen LogP contribution is 2.53. The Morgan fingerprint density at radius 2 is 1.88 bits per heavy atom. The van der Waals surface area contributed by atoms with Crippen molar-refractivity contribution in [3.05, 3.63) is 51.6 Å². The van der Waals surface area contributed by atoms with Crippen LogP contribution in [-0.4, -0.2) is 93.4 Å². The second-order valence-electron chi connectivity index (χ2n) is 12.3. The highest BCUT2D eigenvalue weighted by molar-refractivity contribution is 6.31. The summed E-state index contributed by atoms with van der Waals surface area (Å²) in [7, 11) is 1.32.